The lowest BCUT2D eigenvalue weighted by molar-refractivity contribution is -0.104. The van der Waals surface area contributed by atoms with Crippen LogP contribution in [0.25, 0.3) is 6.08 Å². The second kappa shape index (κ2) is 4.38. The van der Waals surface area contributed by atoms with Crippen LogP contribution in [0, 0.1) is 0 Å². The molecule has 0 saturated heterocycles. The number of halogens is 2. The zero-order chi connectivity index (χ0) is 8.97. The number of carbonyl (C=O) groups excluding carboxylic acids is 1. The van der Waals surface area contributed by atoms with Crippen molar-refractivity contribution in [2.24, 2.45) is 0 Å². The predicted molar refractivity (Wildman–Crippen MR) is 52.0 cm³/mol. The van der Waals surface area contributed by atoms with Crippen molar-refractivity contribution in [1.29, 1.82) is 0 Å². The Morgan fingerprint density at radius 2 is 2.33 bits per heavy atom. The molecule has 4 heteroatoms. The van der Waals surface area contributed by atoms with Crippen LogP contribution < -0.4 is 0 Å². The van der Waals surface area contributed by atoms with Crippen molar-refractivity contribution >= 4 is 39.9 Å². The number of carbonyl (C=O) groups is 1. The summed E-state index contributed by atoms with van der Waals surface area (Å²) in [7, 11) is 0. The van der Waals surface area contributed by atoms with Crippen molar-refractivity contribution in [2.45, 2.75) is 0 Å². The van der Waals surface area contributed by atoms with Gasteiger partial charge in [0.05, 0.1) is 0 Å². The van der Waals surface area contributed by atoms with E-state index >= 15 is 0 Å². The molecule has 0 amide bonds. The molecule has 0 aliphatic rings. The number of allylic oxidation sites excluding steroid dienone is 1. The van der Waals surface area contributed by atoms with Crippen LogP contribution in [0.4, 0.5) is 0 Å². The zero-order valence-corrected chi connectivity index (χ0v) is 8.34. The van der Waals surface area contributed by atoms with Gasteiger partial charge in [0.25, 0.3) is 0 Å². The fourth-order valence-corrected chi connectivity index (χ4v) is 1.21. The topological polar surface area (TPSA) is 30.0 Å². The maximum atomic E-state index is 10.0. The van der Waals surface area contributed by atoms with Gasteiger partial charge in [0, 0.05) is 16.2 Å². The standard InChI is InChI=1S/C8H5BrClNO/c9-7-4-6(2-1-3-12)8(10)11-5-7/h1-5H. The van der Waals surface area contributed by atoms with Gasteiger partial charge in [0.1, 0.15) is 11.4 Å². The van der Waals surface area contributed by atoms with E-state index < -0.39 is 0 Å². The lowest BCUT2D eigenvalue weighted by Gasteiger charge is -1.96. The molecule has 2 nitrogen and oxygen atoms in total. The first-order valence-corrected chi connectivity index (χ1v) is 4.34. The van der Waals surface area contributed by atoms with Crippen LogP contribution in [0.1, 0.15) is 5.56 Å². The van der Waals surface area contributed by atoms with E-state index in [2.05, 4.69) is 20.9 Å². The molecule has 1 aromatic heterocycles. The number of nitrogens with zero attached hydrogens (tertiary/aromatic N) is 1. The van der Waals surface area contributed by atoms with Crippen molar-refractivity contribution in [3.8, 4) is 0 Å². The monoisotopic (exact) mass is 245 g/mol. The molecule has 0 N–H and O–H groups in total. The first-order valence-electron chi connectivity index (χ1n) is 3.17. The second-order valence-corrected chi connectivity index (χ2v) is 3.30. The first kappa shape index (κ1) is 9.42. The quantitative estimate of drug-likeness (QED) is 0.456. The molecule has 0 radical (unpaired) electrons. The summed E-state index contributed by atoms with van der Waals surface area (Å²) >= 11 is 8.98. The predicted octanol–water partition coefficient (Wildman–Crippen LogP) is 2.71. The van der Waals surface area contributed by atoms with E-state index in [-0.39, 0.29) is 0 Å². The van der Waals surface area contributed by atoms with E-state index in [1.807, 2.05) is 0 Å². The van der Waals surface area contributed by atoms with Crippen LogP contribution in [-0.4, -0.2) is 11.3 Å². The van der Waals surface area contributed by atoms with E-state index in [4.69, 9.17) is 11.6 Å². The Morgan fingerprint density at radius 1 is 1.58 bits per heavy atom. The number of aldehydes is 1. The average Bonchev–Trinajstić information content (AvgIpc) is 2.07. The van der Waals surface area contributed by atoms with Gasteiger partial charge >= 0.3 is 0 Å². The molecule has 0 aliphatic carbocycles. The molecule has 0 spiro atoms. The van der Waals surface area contributed by atoms with Gasteiger partial charge in [0.2, 0.25) is 0 Å². The third-order valence-corrected chi connectivity index (χ3v) is 1.94. The number of pyridine rings is 1. The highest BCUT2D eigenvalue weighted by Gasteiger charge is 1.97. The summed E-state index contributed by atoms with van der Waals surface area (Å²) in [6.07, 6.45) is 5.26. The summed E-state index contributed by atoms with van der Waals surface area (Å²) in [5.41, 5.74) is 0.721. The third kappa shape index (κ3) is 2.43. The third-order valence-electron chi connectivity index (χ3n) is 1.19. The molecule has 0 atom stereocenters. The number of aromatic nitrogens is 1. The summed E-state index contributed by atoms with van der Waals surface area (Å²) in [6, 6.07) is 1.79. The van der Waals surface area contributed by atoms with Gasteiger partial charge in [-0.3, -0.25) is 4.79 Å². The molecular formula is C8H5BrClNO. The smallest absolute Gasteiger partial charge is 0.142 e. The summed E-state index contributed by atoms with van der Waals surface area (Å²) in [4.78, 5) is 13.9. The molecule has 0 unspecified atom stereocenters. The Hall–Kier alpha value is -0.670. The number of rotatable bonds is 2. The fourth-order valence-electron chi connectivity index (χ4n) is 0.698. The van der Waals surface area contributed by atoms with Crippen LogP contribution in [0.5, 0.6) is 0 Å². The molecule has 0 bridgehead atoms. The van der Waals surface area contributed by atoms with E-state index in [1.165, 1.54) is 6.08 Å². The normalized spacial score (nSPS) is 10.5. The Balaban J connectivity index is 3.04. The molecule has 0 aliphatic heterocycles. The van der Waals surface area contributed by atoms with E-state index in [9.17, 15) is 4.79 Å². The summed E-state index contributed by atoms with van der Waals surface area (Å²) < 4.78 is 0.831. The van der Waals surface area contributed by atoms with Crippen molar-refractivity contribution in [3.63, 3.8) is 0 Å². The van der Waals surface area contributed by atoms with Gasteiger partial charge in [-0.15, -0.1) is 0 Å². The van der Waals surface area contributed by atoms with Gasteiger partial charge in [-0.2, -0.15) is 0 Å². The molecule has 0 aromatic carbocycles. The van der Waals surface area contributed by atoms with Crippen molar-refractivity contribution in [1.82, 2.24) is 4.98 Å². The molecule has 1 rings (SSSR count). The van der Waals surface area contributed by atoms with Crippen LogP contribution in [-0.2, 0) is 4.79 Å². The molecular weight excluding hydrogens is 241 g/mol. The average molecular weight is 246 g/mol. The summed E-state index contributed by atoms with van der Waals surface area (Å²) in [5, 5.41) is 0.385. The molecule has 12 heavy (non-hydrogen) atoms. The maximum absolute atomic E-state index is 10.0. The lowest BCUT2D eigenvalue weighted by atomic mass is 10.3. The summed E-state index contributed by atoms with van der Waals surface area (Å²) in [5.74, 6) is 0. The summed E-state index contributed by atoms with van der Waals surface area (Å²) in [6.45, 7) is 0. The van der Waals surface area contributed by atoms with Crippen LogP contribution in [0.3, 0.4) is 0 Å². The molecule has 1 heterocycles. The minimum atomic E-state index is 0.385. The van der Waals surface area contributed by atoms with Gasteiger partial charge in [-0.1, -0.05) is 11.6 Å². The van der Waals surface area contributed by atoms with Gasteiger partial charge in [0.15, 0.2) is 0 Å². The Labute approximate surface area is 83.4 Å². The minimum absolute atomic E-state index is 0.385. The van der Waals surface area contributed by atoms with Crippen molar-refractivity contribution in [3.05, 3.63) is 33.5 Å². The van der Waals surface area contributed by atoms with Crippen LogP contribution in [0.15, 0.2) is 22.8 Å². The van der Waals surface area contributed by atoms with E-state index in [0.717, 1.165) is 10.0 Å². The van der Waals surface area contributed by atoms with Crippen LogP contribution >= 0.6 is 27.5 Å². The first-order chi connectivity index (χ1) is 5.74. The van der Waals surface area contributed by atoms with Gasteiger partial charge in [-0.25, -0.2) is 4.98 Å². The highest BCUT2D eigenvalue weighted by molar-refractivity contribution is 9.10. The number of hydrogen-bond acceptors (Lipinski definition) is 2. The Morgan fingerprint density at radius 3 is 3.00 bits per heavy atom. The maximum Gasteiger partial charge on any atom is 0.142 e. The molecule has 1 aromatic rings. The second-order valence-electron chi connectivity index (χ2n) is 2.03. The van der Waals surface area contributed by atoms with E-state index in [0.29, 0.717) is 11.4 Å². The lowest BCUT2D eigenvalue weighted by Crippen LogP contribution is -1.80. The number of hydrogen-bond donors (Lipinski definition) is 0. The Kier molecular flexibility index (Phi) is 3.44. The van der Waals surface area contributed by atoms with Crippen molar-refractivity contribution < 1.29 is 4.79 Å². The molecule has 0 saturated carbocycles. The SMILES string of the molecule is O=CC=Cc1cc(Br)cnc1Cl. The van der Waals surface area contributed by atoms with E-state index in [1.54, 1.807) is 18.3 Å². The zero-order valence-electron chi connectivity index (χ0n) is 6.00. The fraction of sp³-hybridized carbons (Fsp3) is 0. The van der Waals surface area contributed by atoms with Crippen LogP contribution in [0.2, 0.25) is 5.15 Å². The Bertz CT molecular complexity index is 325. The highest BCUT2D eigenvalue weighted by atomic mass is 79.9. The highest BCUT2D eigenvalue weighted by Crippen LogP contribution is 2.18. The minimum Gasteiger partial charge on any atom is -0.299 e. The van der Waals surface area contributed by atoms with Crippen molar-refractivity contribution in [2.75, 3.05) is 0 Å². The van der Waals surface area contributed by atoms with Gasteiger partial charge in [-0.05, 0) is 34.1 Å². The molecule has 0 fully saturated rings. The van der Waals surface area contributed by atoms with Gasteiger partial charge < -0.3 is 0 Å². The molecule has 62 valence electrons. The largest absolute Gasteiger partial charge is 0.299 e.